The molecule has 1 saturated heterocycles. The van der Waals surface area contributed by atoms with Gasteiger partial charge in [0, 0.05) is 26.2 Å². The van der Waals surface area contributed by atoms with Gasteiger partial charge in [0.2, 0.25) is 0 Å². The monoisotopic (exact) mass is 362 g/mol. The van der Waals surface area contributed by atoms with Crippen molar-refractivity contribution in [3.63, 3.8) is 0 Å². The molecule has 0 spiro atoms. The van der Waals surface area contributed by atoms with E-state index in [1.807, 2.05) is 19.1 Å². The van der Waals surface area contributed by atoms with E-state index in [-0.39, 0.29) is 12.1 Å². The second-order valence-corrected chi connectivity index (χ2v) is 6.31. The molecule has 0 aromatic carbocycles. The van der Waals surface area contributed by atoms with Gasteiger partial charge in [0.25, 0.3) is 0 Å². The zero-order valence-corrected chi connectivity index (χ0v) is 15.3. The Morgan fingerprint density at radius 1 is 1.35 bits per heavy atom. The maximum absolute atomic E-state index is 12.2. The van der Waals surface area contributed by atoms with Crippen molar-refractivity contribution in [3.05, 3.63) is 29.9 Å². The molecule has 1 aliphatic rings. The number of amides is 2. The second-order valence-electron chi connectivity index (χ2n) is 6.31. The molecule has 0 saturated carbocycles. The number of hydrogen-bond acceptors (Lipinski definition) is 6. The van der Waals surface area contributed by atoms with E-state index in [1.54, 1.807) is 10.9 Å². The third-order valence-electron chi connectivity index (χ3n) is 4.26. The maximum Gasteiger partial charge on any atom is 0.320 e. The summed E-state index contributed by atoms with van der Waals surface area (Å²) in [6, 6.07) is 3.56. The highest BCUT2D eigenvalue weighted by Crippen LogP contribution is 2.23. The Morgan fingerprint density at radius 2 is 2.15 bits per heavy atom. The van der Waals surface area contributed by atoms with Crippen molar-refractivity contribution in [1.82, 2.24) is 25.2 Å². The SMILES string of the molecule is CCCn1cc(NC(=O)NC[C@@H](c2ccc(C)o2)N2CCOCC2)nn1. The highest BCUT2D eigenvalue weighted by molar-refractivity contribution is 5.87. The molecule has 0 aliphatic carbocycles. The summed E-state index contributed by atoms with van der Waals surface area (Å²) in [6.07, 6.45) is 2.68. The van der Waals surface area contributed by atoms with Gasteiger partial charge in [0.1, 0.15) is 11.5 Å². The van der Waals surface area contributed by atoms with Crippen LogP contribution in [-0.2, 0) is 11.3 Å². The predicted octanol–water partition coefficient (Wildman–Crippen LogP) is 1.78. The molecular formula is C17H26N6O3. The molecule has 1 aliphatic heterocycles. The van der Waals surface area contributed by atoms with Gasteiger partial charge < -0.3 is 14.5 Å². The zero-order chi connectivity index (χ0) is 18.4. The average molecular weight is 362 g/mol. The molecule has 0 radical (unpaired) electrons. The summed E-state index contributed by atoms with van der Waals surface area (Å²) in [5.41, 5.74) is 0. The van der Waals surface area contributed by atoms with Crippen LogP contribution in [0.3, 0.4) is 0 Å². The lowest BCUT2D eigenvalue weighted by Crippen LogP contribution is -2.44. The van der Waals surface area contributed by atoms with Crippen LogP contribution in [0.5, 0.6) is 0 Å². The molecule has 1 atom stereocenters. The predicted molar refractivity (Wildman–Crippen MR) is 95.9 cm³/mol. The molecule has 2 N–H and O–H groups in total. The zero-order valence-electron chi connectivity index (χ0n) is 15.3. The van der Waals surface area contributed by atoms with E-state index in [0.717, 1.165) is 37.6 Å². The van der Waals surface area contributed by atoms with E-state index in [4.69, 9.17) is 9.15 Å². The number of rotatable bonds is 7. The Hall–Kier alpha value is -2.39. The largest absolute Gasteiger partial charge is 0.465 e. The van der Waals surface area contributed by atoms with Crippen molar-refractivity contribution in [2.75, 3.05) is 38.2 Å². The van der Waals surface area contributed by atoms with Crippen LogP contribution in [0, 0.1) is 6.92 Å². The number of nitrogens with zero attached hydrogens (tertiary/aromatic N) is 4. The van der Waals surface area contributed by atoms with Crippen LogP contribution >= 0.6 is 0 Å². The summed E-state index contributed by atoms with van der Waals surface area (Å²) in [5.74, 6) is 2.14. The number of urea groups is 1. The molecule has 2 aromatic heterocycles. The van der Waals surface area contributed by atoms with Gasteiger partial charge in [-0.05, 0) is 25.5 Å². The minimum absolute atomic E-state index is 0.0332. The molecule has 3 heterocycles. The molecule has 2 amide bonds. The number of anilines is 1. The van der Waals surface area contributed by atoms with Gasteiger partial charge in [-0.15, -0.1) is 5.10 Å². The highest BCUT2D eigenvalue weighted by Gasteiger charge is 2.25. The lowest BCUT2D eigenvalue weighted by molar-refractivity contribution is 0.0122. The summed E-state index contributed by atoms with van der Waals surface area (Å²) in [6.45, 7) is 8.16. The van der Waals surface area contributed by atoms with Crippen molar-refractivity contribution in [2.45, 2.75) is 32.9 Å². The van der Waals surface area contributed by atoms with Crippen LogP contribution in [0.4, 0.5) is 10.6 Å². The summed E-state index contributed by atoms with van der Waals surface area (Å²) in [4.78, 5) is 14.5. The lowest BCUT2D eigenvalue weighted by Gasteiger charge is -2.33. The smallest absolute Gasteiger partial charge is 0.320 e. The second kappa shape index (κ2) is 8.81. The van der Waals surface area contributed by atoms with Gasteiger partial charge in [-0.25, -0.2) is 4.79 Å². The normalized spacial score (nSPS) is 16.4. The van der Waals surface area contributed by atoms with E-state index in [0.29, 0.717) is 25.6 Å². The quantitative estimate of drug-likeness (QED) is 0.779. The summed E-state index contributed by atoms with van der Waals surface area (Å²) < 4.78 is 12.9. The molecular weight excluding hydrogens is 336 g/mol. The van der Waals surface area contributed by atoms with Crippen LogP contribution in [0.15, 0.2) is 22.7 Å². The van der Waals surface area contributed by atoms with Crippen molar-refractivity contribution >= 4 is 11.8 Å². The minimum Gasteiger partial charge on any atom is -0.465 e. The third-order valence-corrected chi connectivity index (χ3v) is 4.26. The van der Waals surface area contributed by atoms with Gasteiger partial charge in [0.15, 0.2) is 5.82 Å². The fourth-order valence-electron chi connectivity index (χ4n) is 2.98. The molecule has 2 aromatic rings. The van der Waals surface area contributed by atoms with Crippen molar-refractivity contribution in [2.24, 2.45) is 0 Å². The topological polar surface area (TPSA) is 97.5 Å². The van der Waals surface area contributed by atoms with Crippen molar-refractivity contribution in [1.29, 1.82) is 0 Å². The number of carbonyl (C=O) groups excluding carboxylic acids is 1. The summed E-state index contributed by atoms with van der Waals surface area (Å²) in [7, 11) is 0. The molecule has 0 unspecified atom stereocenters. The number of carbonyl (C=O) groups is 1. The number of aromatic nitrogens is 3. The third kappa shape index (κ3) is 4.83. The van der Waals surface area contributed by atoms with Crippen LogP contribution in [0.2, 0.25) is 0 Å². The Labute approximate surface area is 152 Å². The minimum atomic E-state index is -0.310. The van der Waals surface area contributed by atoms with E-state index in [2.05, 4.69) is 32.8 Å². The van der Waals surface area contributed by atoms with Crippen molar-refractivity contribution in [3.8, 4) is 0 Å². The molecule has 0 bridgehead atoms. The molecule has 9 heteroatoms. The number of nitrogens with one attached hydrogen (secondary N) is 2. The summed E-state index contributed by atoms with van der Waals surface area (Å²) >= 11 is 0. The Bertz CT molecular complexity index is 707. The molecule has 9 nitrogen and oxygen atoms in total. The van der Waals surface area contributed by atoms with Crippen LogP contribution < -0.4 is 10.6 Å². The van der Waals surface area contributed by atoms with E-state index >= 15 is 0 Å². The lowest BCUT2D eigenvalue weighted by atomic mass is 10.1. The standard InChI is InChI=1S/C17H26N6O3/c1-3-6-23-12-16(20-21-23)19-17(24)18-11-14(15-5-4-13(2)26-15)22-7-9-25-10-8-22/h4-5,12,14H,3,6-11H2,1-2H3,(H2,18,19,24)/t14-/m0/s1. The van der Waals surface area contributed by atoms with Crippen LogP contribution in [-0.4, -0.2) is 58.8 Å². The summed E-state index contributed by atoms with van der Waals surface area (Å²) in [5, 5.41) is 13.5. The maximum atomic E-state index is 12.2. The Morgan fingerprint density at radius 3 is 2.85 bits per heavy atom. The Kier molecular flexibility index (Phi) is 6.24. The number of hydrogen-bond donors (Lipinski definition) is 2. The first-order valence-electron chi connectivity index (χ1n) is 8.99. The fraction of sp³-hybridized carbons (Fsp3) is 0.588. The first-order chi connectivity index (χ1) is 12.7. The first-order valence-corrected chi connectivity index (χ1v) is 8.99. The van der Waals surface area contributed by atoms with Crippen molar-refractivity contribution < 1.29 is 13.9 Å². The van der Waals surface area contributed by atoms with E-state index in [1.165, 1.54) is 0 Å². The van der Waals surface area contributed by atoms with Gasteiger partial charge in [0.05, 0.1) is 25.5 Å². The van der Waals surface area contributed by atoms with Gasteiger partial charge in [-0.2, -0.15) is 0 Å². The first kappa shape index (κ1) is 18.4. The van der Waals surface area contributed by atoms with Gasteiger partial charge >= 0.3 is 6.03 Å². The molecule has 3 rings (SSSR count). The number of ether oxygens (including phenoxy) is 1. The van der Waals surface area contributed by atoms with E-state index < -0.39 is 0 Å². The number of furan rings is 1. The molecule has 142 valence electrons. The van der Waals surface area contributed by atoms with Gasteiger partial charge in [-0.1, -0.05) is 12.1 Å². The number of aryl methyl sites for hydroxylation is 2. The Balaban J connectivity index is 1.58. The van der Waals surface area contributed by atoms with Crippen LogP contribution in [0.1, 0.15) is 30.9 Å². The highest BCUT2D eigenvalue weighted by atomic mass is 16.5. The van der Waals surface area contributed by atoms with Gasteiger partial charge in [-0.3, -0.25) is 14.9 Å². The fourth-order valence-corrected chi connectivity index (χ4v) is 2.98. The van der Waals surface area contributed by atoms with Crippen LogP contribution in [0.25, 0.3) is 0 Å². The van der Waals surface area contributed by atoms with E-state index in [9.17, 15) is 4.79 Å². The molecule has 26 heavy (non-hydrogen) atoms. The molecule has 1 fully saturated rings. The number of morpholine rings is 1. The average Bonchev–Trinajstić information content (AvgIpc) is 3.26.